The fourth-order valence-corrected chi connectivity index (χ4v) is 2.21. The van der Waals surface area contributed by atoms with E-state index in [4.69, 9.17) is 23.2 Å². The van der Waals surface area contributed by atoms with Crippen LogP contribution in [0.25, 0.3) is 0 Å². The zero-order valence-corrected chi connectivity index (χ0v) is 12.2. The molecule has 6 heteroatoms. The second kappa shape index (κ2) is 6.11. The Morgan fingerprint density at radius 3 is 2.60 bits per heavy atom. The summed E-state index contributed by atoms with van der Waals surface area (Å²) in [5.41, 5.74) is 0.971. The van der Waals surface area contributed by atoms with Crippen LogP contribution in [0.15, 0.2) is 41.3 Å². The Morgan fingerprint density at radius 2 is 2.00 bits per heavy atom. The van der Waals surface area contributed by atoms with Crippen molar-refractivity contribution in [3.8, 4) is 0 Å². The summed E-state index contributed by atoms with van der Waals surface area (Å²) in [6.07, 6.45) is 1.39. The normalized spacial score (nSPS) is 10.3. The van der Waals surface area contributed by atoms with Crippen LogP contribution in [-0.4, -0.2) is 22.8 Å². The number of hydrogen-bond acceptors (Lipinski definition) is 2. The number of nitrogens with zero attached hydrogens (tertiary/aromatic N) is 1. The van der Waals surface area contributed by atoms with Gasteiger partial charge in [-0.1, -0.05) is 29.3 Å². The molecule has 2 rings (SSSR count). The lowest BCUT2D eigenvalue weighted by atomic mass is 10.2. The lowest BCUT2D eigenvalue weighted by Gasteiger charge is -2.18. The van der Waals surface area contributed by atoms with Gasteiger partial charge in [-0.15, -0.1) is 0 Å². The third-order valence-corrected chi connectivity index (χ3v) is 3.39. The predicted octanol–water partition coefficient (Wildman–Crippen LogP) is 2.95. The van der Waals surface area contributed by atoms with Crippen LogP contribution < -0.4 is 5.56 Å². The van der Waals surface area contributed by atoms with Gasteiger partial charge in [0, 0.05) is 35.9 Å². The molecule has 1 N–H and O–H groups in total. The number of benzene rings is 1. The molecular formula is C14H12Cl2N2O2. The van der Waals surface area contributed by atoms with Crippen molar-refractivity contribution in [1.29, 1.82) is 0 Å². The highest BCUT2D eigenvalue weighted by Crippen LogP contribution is 2.22. The minimum Gasteiger partial charge on any atom is -0.337 e. The number of carbonyl (C=O) groups excluding carboxylic acids is 1. The van der Waals surface area contributed by atoms with Crippen LogP contribution in [0.2, 0.25) is 10.0 Å². The van der Waals surface area contributed by atoms with Crippen molar-refractivity contribution >= 4 is 29.1 Å². The van der Waals surface area contributed by atoms with E-state index in [0.717, 1.165) is 5.56 Å². The minimum absolute atomic E-state index is 0.202. The van der Waals surface area contributed by atoms with E-state index in [1.807, 2.05) is 0 Å². The van der Waals surface area contributed by atoms with Crippen molar-refractivity contribution in [3.63, 3.8) is 0 Å². The zero-order chi connectivity index (χ0) is 14.7. The monoisotopic (exact) mass is 310 g/mol. The van der Waals surface area contributed by atoms with Gasteiger partial charge in [-0.25, -0.2) is 0 Å². The first-order chi connectivity index (χ1) is 9.47. The SMILES string of the molecule is CN(Cc1ccc(Cl)cc1Cl)C(=O)c1ccc(=O)[nH]c1. The molecule has 0 spiro atoms. The number of halogens is 2. The summed E-state index contributed by atoms with van der Waals surface area (Å²) in [7, 11) is 1.67. The number of nitrogens with one attached hydrogen (secondary N) is 1. The number of rotatable bonds is 3. The standard InChI is InChI=1S/C14H12Cl2N2O2/c1-18(8-10-2-4-11(15)6-12(10)16)14(20)9-3-5-13(19)17-7-9/h2-7H,8H2,1H3,(H,17,19). The fraction of sp³-hybridized carbons (Fsp3) is 0.143. The van der Waals surface area contributed by atoms with Gasteiger partial charge in [-0.3, -0.25) is 9.59 Å². The number of aromatic amines is 1. The second-order valence-corrected chi connectivity index (χ2v) is 5.18. The van der Waals surface area contributed by atoms with E-state index < -0.39 is 0 Å². The summed E-state index contributed by atoms with van der Waals surface area (Å²) in [6.45, 7) is 0.355. The third kappa shape index (κ3) is 3.40. The molecular weight excluding hydrogens is 299 g/mol. The third-order valence-electron chi connectivity index (χ3n) is 2.80. The van der Waals surface area contributed by atoms with Crippen LogP contribution in [-0.2, 0) is 6.54 Å². The number of amides is 1. The Kier molecular flexibility index (Phi) is 4.47. The number of H-pyrrole nitrogens is 1. The first-order valence-electron chi connectivity index (χ1n) is 5.85. The van der Waals surface area contributed by atoms with Gasteiger partial charge >= 0.3 is 0 Å². The lowest BCUT2D eigenvalue weighted by Crippen LogP contribution is -2.27. The van der Waals surface area contributed by atoms with Crippen LogP contribution in [0.3, 0.4) is 0 Å². The van der Waals surface area contributed by atoms with E-state index in [9.17, 15) is 9.59 Å². The molecule has 0 fully saturated rings. The molecule has 0 atom stereocenters. The molecule has 20 heavy (non-hydrogen) atoms. The predicted molar refractivity (Wildman–Crippen MR) is 79.3 cm³/mol. The topological polar surface area (TPSA) is 53.2 Å². The molecule has 1 heterocycles. The van der Waals surface area contributed by atoms with E-state index in [0.29, 0.717) is 22.2 Å². The zero-order valence-electron chi connectivity index (χ0n) is 10.7. The van der Waals surface area contributed by atoms with Gasteiger partial charge < -0.3 is 9.88 Å². The maximum absolute atomic E-state index is 12.2. The van der Waals surface area contributed by atoms with Crippen molar-refractivity contribution in [1.82, 2.24) is 9.88 Å². The number of hydrogen-bond donors (Lipinski definition) is 1. The summed E-state index contributed by atoms with van der Waals surface area (Å²) in [4.78, 5) is 27.1. The second-order valence-electron chi connectivity index (χ2n) is 4.34. The quantitative estimate of drug-likeness (QED) is 0.947. The maximum Gasteiger partial charge on any atom is 0.255 e. The highest BCUT2D eigenvalue weighted by atomic mass is 35.5. The Morgan fingerprint density at radius 1 is 1.25 bits per heavy atom. The molecule has 1 aromatic heterocycles. The van der Waals surface area contributed by atoms with Crippen molar-refractivity contribution < 1.29 is 4.79 Å². The summed E-state index contributed by atoms with van der Waals surface area (Å²) in [5, 5.41) is 1.06. The van der Waals surface area contributed by atoms with Gasteiger partial charge in [0.15, 0.2) is 0 Å². The number of aromatic nitrogens is 1. The van der Waals surface area contributed by atoms with Gasteiger partial charge in [0.1, 0.15) is 0 Å². The van der Waals surface area contributed by atoms with Crippen molar-refractivity contribution in [2.24, 2.45) is 0 Å². The van der Waals surface area contributed by atoms with Gasteiger partial charge in [0.25, 0.3) is 5.91 Å². The summed E-state index contributed by atoms with van der Waals surface area (Å²) >= 11 is 11.9. The highest BCUT2D eigenvalue weighted by Gasteiger charge is 2.13. The Labute approximate surface area is 125 Å². The van der Waals surface area contributed by atoms with Crippen molar-refractivity contribution in [3.05, 3.63) is 68.1 Å². The lowest BCUT2D eigenvalue weighted by molar-refractivity contribution is 0.0784. The largest absolute Gasteiger partial charge is 0.337 e. The number of carbonyl (C=O) groups is 1. The average molecular weight is 311 g/mol. The first kappa shape index (κ1) is 14.6. The first-order valence-corrected chi connectivity index (χ1v) is 6.61. The molecule has 1 aromatic carbocycles. The van der Waals surface area contributed by atoms with E-state index in [1.54, 1.807) is 25.2 Å². The summed E-state index contributed by atoms with van der Waals surface area (Å²) < 4.78 is 0. The van der Waals surface area contributed by atoms with Crippen molar-refractivity contribution in [2.45, 2.75) is 6.54 Å². The molecule has 0 aliphatic rings. The molecule has 0 unspecified atom stereocenters. The summed E-state index contributed by atoms with van der Waals surface area (Å²) in [5.74, 6) is -0.202. The highest BCUT2D eigenvalue weighted by molar-refractivity contribution is 6.35. The Balaban J connectivity index is 2.15. The molecule has 4 nitrogen and oxygen atoms in total. The molecule has 0 bridgehead atoms. The Hall–Kier alpha value is -1.78. The average Bonchev–Trinajstić information content (AvgIpc) is 2.42. The molecule has 0 aliphatic carbocycles. The molecule has 0 radical (unpaired) electrons. The van der Waals surface area contributed by atoms with Crippen LogP contribution in [0.4, 0.5) is 0 Å². The molecule has 104 valence electrons. The number of pyridine rings is 1. The fourth-order valence-electron chi connectivity index (χ4n) is 1.74. The van der Waals surface area contributed by atoms with Crippen molar-refractivity contribution in [2.75, 3.05) is 7.05 Å². The molecule has 1 amide bonds. The van der Waals surface area contributed by atoms with Crippen LogP contribution in [0.5, 0.6) is 0 Å². The minimum atomic E-state index is -0.245. The maximum atomic E-state index is 12.2. The van der Waals surface area contributed by atoms with E-state index in [2.05, 4.69) is 4.98 Å². The van der Waals surface area contributed by atoms with Gasteiger partial charge in [-0.2, -0.15) is 0 Å². The smallest absolute Gasteiger partial charge is 0.255 e. The van der Waals surface area contributed by atoms with E-state index in [-0.39, 0.29) is 11.5 Å². The van der Waals surface area contributed by atoms with Gasteiger partial charge in [-0.05, 0) is 23.8 Å². The molecule has 0 aliphatic heterocycles. The molecule has 0 saturated heterocycles. The molecule has 2 aromatic rings. The Bertz CT molecular complexity index is 677. The van der Waals surface area contributed by atoms with Crippen LogP contribution in [0, 0.1) is 0 Å². The van der Waals surface area contributed by atoms with Gasteiger partial charge in [0.05, 0.1) is 5.56 Å². The van der Waals surface area contributed by atoms with E-state index in [1.165, 1.54) is 23.2 Å². The summed E-state index contributed by atoms with van der Waals surface area (Å²) in [6, 6.07) is 7.94. The van der Waals surface area contributed by atoms with Crippen LogP contribution in [0.1, 0.15) is 15.9 Å². The van der Waals surface area contributed by atoms with Gasteiger partial charge in [0.2, 0.25) is 5.56 Å². The van der Waals surface area contributed by atoms with E-state index >= 15 is 0 Å². The van der Waals surface area contributed by atoms with Crippen LogP contribution >= 0.6 is 23.2 Å². The molecule has 0 saturated carbocycles.